The van der Waals surface area contributed by atoms with Gasteiger partial charge in [0.2, 0.25) is 0 Å². The third-order valence-electron chi connectivity index (χ3n) is 2.88. The summed E-state index contributed by atoms with van der Waals surface area (Å²) in [5.74, 6) is 7.06. The summed E-state index contributed by atoms with van der Waals surface area (Å²) in [6.07, 6.45) is 2.15. The second-order valence-electron chi connectivity index (χ2n) is 4.42. The molecule has 0 bridgehead atoms. The molecule has 0 heterocycles. The van der Waals surface area contributed by atoms with Crippen molar-refractivity contribution in [3.8, 4) is 11.8 Å². The van der Waals surface area contributed by atoms with Crippen LogP contribution in [0.3, 0.4) is 0 Å². The Balaban J connectivity index is 2.58. The average molecular weight is 262 g/mol. The summed E-state index contributed by atoms with van der Waals surface area (Å²) in [5, 5.41) is 0. The van der Waals surface area contributed by atoms with Gasteiger partial charge < -0.3 is 5.73 Å². The zero-order valence-corrected chi connectivity index (χ0v) is 12.3. The first kappa shape index (κ1) is 15.1. The lowest BCUT2D eigenvalue weighted by molar-refractivity contribution is 0.270. The lowest BCUT2D eigenvalue weighted by atomic mass is 10.1. The fourth-order valence-corrected chi connectivity index (χ4v) is 2.40. The standard InChI is InChI=1S/C15H22N2S/c1-13(12-18-3)17(2)11-15-8-6-14(7-9-15)5-4-10-16/h6-9,13H,10-12,16H2,1-3H3. The first-order valence-corrected chi connectivity index (χ1v) is 7.53. The number of hydrogen-bond donors (Lipinski definition) is 1. The molecule has 0 aliphatic rings. The minimum absolute atomic E-state index is 0.413. The van der Waals surface area contributed by atoms with E-state index in [9.17, 15) is 0 Å². The van der Waals surface area contributed by atoms with Gasteiger partial charge in [0.05, 0.1) is 6.54 Å². The minimum atomic E-state index is 0.413. The molecule has 3 heteroatoms. The van der Waals surface area contributed by atoms with E-state index in [1.807, 2.05) is 11.8 Å². The summed E-state index contributed by atoms with van der Waals surface area (Å²) >= 11 is 1.89. The van der Waals surface area contributed by atoms with E-state index in [1.54, 1.807) is 0 Å². The second kappa shape index (κ2) is 8.20. The van der Waals surface area contributed by atoms with Crippen LogP contribution in [0.1, 0.15) is 18.1 Å². The Hall–Kier alpha value is -0.950. The molecule has 1 rings (SSSR count). The zero-order valence-electron chi connectivity index (χ0n) is 11.4. The highest BCUT2D eigenvalue weighted by Gasteiger charge is 2.08. The fraction of sp³-hybridized carbons (Fsp3) is 0.467. The lowest BCUT2D eigenvalue weighted by Crippen LogP contribution is -2.30. The number of benzene rings is 1. The minimum Gasteiger partial charge on any atom is -0.320 e. The Labute approximate surface area is 115 Å². The van der Waals surface area contributed by atoms with E-state index in [1.165, 1.54) is 5.56 Å². The maximum absolute atomic E-state index is 5.35. The van der Waals surface area contributed by atoms with Gasteiger partial charge in [-0.1, -0.05) is 24.0 Å². The molecule has 1 unspecified atom stereocenters. The Kier molecular flexibility index (Phi) is 6.89. The molecule has 0 radical (unpaired) electrons. The third-order valence-corrected chi connectivity index (χ3v) is 3.70. The predicted molar refractivity (Wildman–Crippen MR) is 81.7 cm³/mol. The normalized spacial score (nSPS) is 12.1. The van der Waals surface area contributed by atoms with E-state index in [2.05, 4.69) is 61.2 Å². The molecule has 2 nitrogen and oxygen atoms in total. The van der Waals surface area contributed by atoms with E-state index in [0.717, 1.165) is 17.9 Å². The van der Waals surface area contributed by atoms with Crippen molar-refractivity contribution >= 4 is 11.8 Å². The third kappa shape index (κ3) is 5.14. The number of nitrogens with two attached hydrogens (primary N) is 1. The average Bonchev–Trinajstić information content (AvgIpc) is 2.38. The van der Waals surface area contributed by atoms with Gasteiger partial charge in [0.15, 0.2) is 0 Å². The van der Waals surface area contributed by atoms with Crippen molar-refractivity contribution in [3.63, 3.8) is 0 Å². The summed E-state index contributed by atoms with van der Waals surface area (Å²) < 4.78 is 0. The molecule has 1 atom stereocenters. The monoisotopic (exact) mass is 262 g/mol. The molecule has 0 saturated carbocycles. The van der Waals surface area contributed by atoms with Gasteiger partial charge in [-0.3, -0.25) is 4.90 Å². The van der Waals surface area contributed by atoms with E-state index >= 15 is 0 Å². The van der Waals surface area contributed by atoms with Crippen LogP contribution in [0.5, 0.6) is 0 Å². The SMILES string of the molecule is CSCC(C)N(C)Cc1ccc(C#CCN)cc1. The zero-order chi connectivity index (χ0) is 13.4. The van der Waals surface area contributed by atoms with Crippen molar-refractivity contribution < 1.29 is 0 Å². The van der Waals surface area contributed by atoms with Crippen LogP contribution in [0.2, 0.25) is 0 Å². The molecule has 18 heavy (non-hydrogen) atoms. The number of nitrogens with zero attached hydrogens (tertiary/aromatic N) is 1. The molecule has 0 aliphatic carbocycles. The van der Waals surface area contributed by atoms with Gasteiger partial charge in [-0.05, 0) is 37.9 Å². The van der Waals surface area contributed by atoms with Gasteiger partial charge in [0.25, 0.3) is 0 Å². The molecule has 0 amide bonds. The first-order valence-electron chi connectivity index (χ1n) is 6.14. The highest BCUT2D eigenvalue weighted by Crippen LogP contribution is 2.10. The van der Waals surface area contributed by atoms with Crippen LogP contribution in [0, 0.1) is 11.8 Å². The smallest absolute Gasteiger partial charge is 0.0555 e. The summed E-state index contributed by atoms with van der Waals surface area (Å²) in [4.78, 5) is 2.37. The highest BCUT2D eigenvalue weighted by molar-refractivity contribution is 7.98. The molecule has 0 saturated heterocycles. The van der Waals surface area contributed by atoms with Crippen molar-refractivity contribution in [2.24, 2.45) is 5.73 Å². The molecule has 1 aromatic carbocycles. The van der Waals surface area contributed by atoms with E-state index in [0.29, 0.717) is 12.6 Å². The van der Waals surface area contributed by atoms with Crippen LogP contribution in [0.25, 0.3) is 0 Å². The van der Waals surface area contributed by atoms with Gasteiger partial charge in [0, 0.05) is 23.9 Å². The Bertz CT molecular complexity index is 403. The lowest BCUT2D eigenvalue weighted by Gasteiger charge is -2.24. The van der Waals surface area contributed by atoms with Crippen molar-refractivity contribution in [1.29, 1.82) is 0 Å². The van der Waals surface area contributed by atoms with Crippen LogP contribution >= 0.6 is 11.8 Å². The van der Waals surface area contributed by atoms with Crippen molar-refractivity contribution in [3.05, 3.63) is 35.4 Å². The van der Waals surface area contributed by atoms with Gasteiger partial charge in [-0.25, -0.2) is 0 Å². The van der Waals surface area contributed by atoms with Crippen LogP contribution in [-0.4, -0.2) is 36.5 Å². The number of hydrogen-bond acceptors (Lipinski definition) is 3. The molecular weight excluding hydrogens is 240 g/mol. The predicted octanol–water partition coefficient (Wildman–Crippen LogP) is 2.18. The molecule has 0 spiro atoms. The second-order valence-corrected chi connectivity index (χ2v) is 5.33. The van der Waals surface area contributed by atoms with Crippen molar-refractivity contribution in [2.75, 3.05) is 25.6 Å². The molecule has 0 aliphatic heterocycles. The van der Waals surface area contributed by atoms with Gasteiger partial charge in [-0.2, -0.15) is 11.8 Å². The van der Waals surface area contributed by atoms with Crippen LogP contribution < -0.4 is 5.73 Å². The number of thioether (sulfide) groups is 1. The Morgan fingerprint density at radius 1 is 1.33 bits per heavy atom. The van der Waals surface area contributed by atoms with Crippen LogP contribution in [0.4, 0.5) is 0 Å². The van der Waals surface area contributed by atoms with Crippen LogP contribution in [0.15, 0.2) is 24.3 Å². The van der Waals surface area contributed by atoms with E-state index in [-0.39, 0.29) is 0 Å². The molecule has 0 aromatic heterocycles. The van der Waals surface area contributed by atoms with Crippen LogP contribution in [-0.2, 0) is 6.54 Å². The Morgan fingerprint density at radius 3 is 2.56 bits per heavy atom. The largest absolute Gasteiger partial charge is 0.320 e. The van der Waals surface area contributed by atoms with E-state index < -0.39 is 0 Å². The van der Waals surface area contributed by atoms with Crippen molar-refractivity contribution in [1.82, 2.24) is 4.90 Å². The van der Waals surface area contributed by atoms with Crippen molar-refractivity contribution in [2.45, 2.75) is 19.5 Å². The number of rotatable bonds is 5. The highest BCUT2D eigenvalue weighted by atomic mass is 32.2. The molecule has 1 aromatic rings. The van der Waals surface area contributed by atoms with Gasteiger partial charge in [-0.15, -0.1) is 0 Å². The molecule has 98 valence electrons. The summed E-state index contributed by atoms with van der Waals surface area (Å²) in [5.41, 5.74) is 7.71. The molecule has 0 fully saturated rings. The maximum atomic E-state index is 5.35. The molecular formula is C15H22N2S. The quantitative estimate of drug-likeness (QED) is 0.825. The summed E-state index contributed by atoms with van der Waals surface area (Å²) in [6.45, 7) is 3.65. The topological polar surface area (TPSA) is 29.3 Å². The van der Waals surface area contributed by atoms with Gasteiger partial charge in [0.1, 0.15) is 0 Å². The summed E-state index contributed by atoms with van der Waals surface area (Å²) in [6, 6.07) is 9.00. The van der Waals surface area contributed by atoms with Gasteiger partial charge >= 0.3 is 0 Å². The Morgan fingerprint density at radius 2 is 2.00 bits per heavy atom. The van der Waals surface area contributed by atoms with E-state index in [4.69, 9.17) is 5.73 Å². The first-order chi connectivity index (χ1) is 8.67. The molecule has 2 N–H and O–H groups in total. The fourth-order valence-electron chi connectivity index (χ4n) is 1.66. The maximum Gasteiger partial charge on any atom is 0.0555 e. The summed E-state index contributed by atoms with van der Waals surface area (Å²) in [7, 11) is 2.17.